The molecule has 27 heavy (non-hydrogen) atoms. The first kappa shape index (κ1) is 19.6. The highest BCUT2D eigenvalue weighted by Crippen LogP contribution is 2.36. The molecule has 0 aliphatic rings. The van der Waals surface area contributed by atoms with E-state index in [1.807, 2.05) is 12.1 Å². The highest BCUT2D eigenvalue weighted by Gasteiger charge is 2.16. The van der Waals surface area contributed by atoms with E-state index in [9.17, 15) is 0 Å². The Labute approximate surface area is 171 Å². The Morgan fingerprint density at radius 3 is 1.81 bits per heavy atom. The van der Waals surface area contributed by atoms with Gasteiger partial charge in [0.15, 0.2) is 0 Å². The van der Waals surface area contributed by atoms with Crippen LogP contribution in [-0.2, 0) is 0 Å². The topological polar surface area (TPSA) is 12.4 Å². The van der Waals surface area contributed by atoms with Crippen molar-refractivity contribution in [2.45, 2.75) is 39.5 Å². The van der Waals surface area contributed by atoms with E-state index in [0.29, 0.717) is 11.8 Å². The van der Waals surface area contributed by atoms with Gasteiger partial charge in [0, 0.05) is 15.6 Å². The fraction of sp³-hybridized carbons (Fsp3) is 0.240. The van der Waals surface area contributed by atoms with Gasteiger partial charge in [0.25, 0.3) is 0 Å². The molecule has 0 spiro atoms. The van der Waals surface area contributed by atoms with Crippen LogP contribution in [-0.4, -0.2) is 5.71 Å². The van der Waals surface area contributed by atoms with Gasteiger partial charge in [0.2, 0.25) is 0 Å². The first-order chi connectivity index (χ1) is 13.0. The third-order valence-corrected chi connectivity index (χ3v) is 5.20. The van der Waals surface area contributed by atoms with Crippen molar-refractivity contribution in [3.63, 3.8) is 0 Å². The maximum Gasteiger partial charge on any atom is 0.0782 e. The molecule has 3 aromatic carbocycles. The Balaban J connectivity index is 2.29. The summed E-state index contributed by atoms with van der Waals surface area (Å²) in [6.45, 7) is 8.94. The molecule has 0 aromatic heterocycles. The van der Waals surface area contributed by atoms with E-state index in [1.54, 1.807) is 0 Å². The highest BCUT2D eigenvalue weighted by atomic mass is 79.9. The lowest BCUT2D eigenvalue weighted by atomic mass is 9.92. The maximum atomic E-state index is 5.28. The van der Waals surface area contributed by atoms with E-state index in [-0.39, 0.29) is 0 Å². The van der Waals surface area contributed by atoms with Crippen molar-refractivity contribution in [1.29, 1.82) is 0 Å². The van der Waals surface area contributed by atoms with E-state index in [4.69, 9.17) is 4.99 Å². The summed E-state index contributed by atoms with van der Waals surface area (Å²) in [5.74, 6) is 0.837. The zero-order chi connectivity index (χ0) is 19.4. The number of hydrogen-bond donors (Lipinski definition) is 0. The van der Waals surface area contributed by atoms with Crippen molar-refractivity contribution in [2.24, 2.45) is 4.99 Å². The molecule has 0 heterocycles. The van der Waals surface area contributed by atoms with Gasteiger partial charge in [-0.05, 0) is 35.1 Å². The van der Waals surface area contributed by atoms with Crippen LogP contribution in [0.25, 0.3) is 0 Å². The minimum absolute atomic E-state index is 0.419. The molecule has 0 radical (unpaired) electrons. The zero-order valence-corrected chi connectivity index (χ0v) is 18.0. The molecule has 0 aliphatic heterocycles. The minimum Gasteiger partial charge on any atom is -0.247 e. The highest BCUT2D eigenvalue weighted by molar-refractivity contribution is 9.10. The summed E-state index contributed by atoms with van der Waals surface area (Å²) in [7, 11) is 0. The van der Waals surface area contributed by atoms with Crippen LogP contribution in [0.4, 0.5) is 5.69 Å². The second-order valence-corrected chi connectivity index (χ2v) is 8.35. The average Bonchev–Trinajstić information content (AvgIpc) is 2.66. The predicted molar refractivity (Wildman–Crippen MR) is 121 cm³/mol. The van der Waals surface area contributed by atoms with Gasteiger partial charge in [-0.2, -0.15) is 0 Å². The third kappa shape index (κ3) is 4.56. The standard InChI is InChI=1S/C25H26BrN/c1-17(2)22-14-9-15-23(18(3)4)25(22)27-24(19-10-6-5-7-11-19)20-12-8-13-21(26)16-20/h5-18H,1-4H3/b27-24+. The number of hydrogen-bond acceptors (Lipinski definition) is 1. The fourth-order valence-corrected chi connectivity index (χ4v) is 3.68. The maximum absolute atomic E-state index is 5.28. The Kier molecular flexibility index (Phi) is 6.28. The fourth-order valence-electron chi connectivity index (χ4n) is 3.28. The van der Waals surface area contributed by atoms with E-state index < -0.39 is 0 Å². The Bertz CT molecular complexity index is 913. The second-order valence-electron chi connectivity index (χ2n) is 7.43. The summed E-state index contributed by atoms with van der Waals surface area (Å²) >= 11 is 3.61. The number of benzene rings is 3. The van der Waals surface area contributed by atoms with E-state index >= 15 is 0 Å². The Morgan fingerprint density at radius 2 is 1.26 bits per heavy atom. The zero-order valence-electron chi connectivity index (χ0n) is 16.4. The van der Waals surface area contributed by atoms with Crippen LogP contribution in [0, 0.1) is 0 Å². The SMILES string of the molecule is CC(C)c1cccc(C(C)C)c1/N=C(\c1ccccc1)c1cccc(Br)c1. The van der Waals surface area contributed by atoms with Crippen molar-refractivity contribution >= 4 is 27.3 Å². The molecule has 2 heteroatoms. The molecule has 0 bridgehead atoms. The van der Waals surface area contributed by atoms with Gasteiger partial charge in [0.05, 0.1) is 11.4 Å². The minimum atomic E-state index is 0.419. The number of rotatable bonds is 5. The van der Waals surface area contributed by atoms with Gasteiger partial charge < -0.3 is 0 Å². The molecule has 0 atom stereocenters. The van der Waals surface area contributed by atoms with Gasteiger partial charge in [-0.25, -0.2) is 4.99 Å². The Hall–Kier alpha value is -2.19. The van der Waals surface area contributed by atoms with Crippen LogP contribution in [0.3, 0.4) is 0 Å². The molecular weight excluding hydrogens is 394 g/mol. The molecule has 0 fully saturated rings. The average molecular weight is 420 g/mol. The summed E-state index contributed by atoms with van der Waals surface area (Å²) in [4.78, 5) is 5.28. The van der Waals surface area contributed by atoms with E-state index in [0.717, 1.165) is 27.0 Å². The van der Waals surface area contributed by atoms with Crippen LogP contribution in [0.15, 0.2) is 82.3 Å². The lowest BCUT2D eigenvalue weighted by Gasteiger charge is -2.18. The largest absolute Gasteiger partial charge is 0.247 e. The van der Waals surface area contributed by atoms with Crippen molar-refractivity contribution in [3.8, 4) is 0 Å². The second kappa shape index (κ2) is 8.67. The molecule has 0 saturated carbocycles. The van der Waals surface area contributed by atoms with Crippen LogP contribution in [0.2, 0.25) is 0 Å². The molecule has 0 aliphatic carbocycles. The molecular formula is C25H26BrN. The van der Waals surface area contributed by atoms with Gasteiger partial charge in [-0.1, -0.05) is 104 Å². The van der Waals surface area contributed by atoms with Crippen molar-refractivity contribution < 1.29 is 0 Å². The summed E-state index contributed by atoms with van der Waals surface area (Å²) < 4.78 is 1.06. The molecule has 0 N–H and O–H groups in total. The van der Waals surface area contributed by atoms with Crippen LogP contribution in [0.5, 0.6) is 0 Å². The number of aliphatic imine (C=N–C) groups is 1. The molecule has 0 unspecified atom stereocenters. The number of nitrogens with zero attached hydrogens (tertiary/aromatic N) is 1. The normalized spacial score (nSPS) is 12.0. The van der Waals surface area contributed by atoms with Crippen LogP contribution in [0.1, 0.15) is 61.8 Å². The molecule has 0 saturated heterocycles. The smallest absolute Gasteiger partial charge is 0.0782 e. The van der Waals surface area contributed by atoms with Crippen LogP contribution >= 0.6 is 15.9 Å². The number of halogens is 1. The summed E-state index contributed by atoms with van der Waals surface area (Å²) in [5, 5.41) is 0. The van der Waals surface area contributed by atoms with E-state index in [2.05, 4.69) is 104 Å². The quantitative estimate of drug-likeness (QED) is 0.373. The molecule has 138 valence electrons. The lowest BCUT2D eigenvalue weighted by Crippen LogP contribution is -2.05. The third-order valence-electron chi connectivity index (χ3n) is 4.71. The molecule has 3 rings (SSSR count). The van der Waals surface area contributed by atoms with Crippen LogP contribution < -0.4 is 0 Å². The molecule has 0 amide bonds. The predicted octanol–water partition coefficient (Wildman–Crippen LogP) is 7.87. The summed E-state index contributed by atoms with van der Waals surface area (Å²) in [5.41, 5.74) is 6.95. The van der Waals surface area contributed by atoms with Gasteiger partial charge in [0.1, 0.15) is 0 Å². The van der Waals surface area contributed by atoms with Gasteiger partial charge in [-0.3, -0.25) is 0 Å². The number of para-hydroxylation sites is 1. The Morgan fingerprint density at radius 1 is 0.704 bits per heavy atom. The first-order valence-corrected chi connectivity index (χ1v) is 10.3. The summed E-state index contributed by atoms with van der Waals surface area (Å²) in [6.07, 6.45) is 0. The summed E-state index contributed by atoms with van der Waals surface area (Å²) in [6, 6.07) is 25.4. The van der Waals surface area contributed by atoms with E-state index in [1.165, 1.54) is 11.1 Å². The molecule has 3 aromatic rings. The molecule has 1 nitrogen and oxygen atoms in total. The monoisotopic (exact) mass is 419 g/mol. The first-order valence-electron chi connectivity index (χ1n) is 9.50. The van der Waals surface area contributed by atoms with Gasteiger partial charge >= 0.3 is 0 Å². The van der Waals surface area contributed by atoms with Gasteiger partial charge in [-0.15, -0.1) is 0 Å². The van der Waals surface area contributed by atoms with Crippen molar-refractivity contribution in [2.75, 3.05) is 0 Å². The van der Waals surface area contributed by atoms with Crippen molar-refractivity contribution in [3.05, 3.63) is 99.5 Å². The lowest BCUT2D eigenvalue weighted by molar-refractivity contribution is 0.834. The van der Waals surface area contributed by atoms with Crippen molar-refractivity contribution in [1.82, 2.24) is 0 Å².